The molecule has 0 fully saturated rings. The Kier molecular flexibility index (Phi) is 4.03. The van der Waals surface area contributed by atoms with E-state index in [1.807, 2.05) is 0 Å². The van der Waals surface area contributed by atoms with Crippen LogP contribution in [0.1, 0.15) is 19.7 Å². The van der Waals surface area contributed by atoms with E-state index in [0.29, 0.717) is 12.4 Å². The van der Waals surface area contributed by atoms with Gasteiger partial charge < -0.3 is 15.0 Å². The molecule has 0 bridgehead atoms. The lowest BCUT2D eigenvalue weighted by Gasteiger charge is -2.16. The number of rotatable bonds is 4. The summed E-state index contributed by atoms with van der Waals surface area (Å²) < 4.78 is 0. The van der Waals surface area contributed by atoms with Crippen LogP contribution in [0.25, 0.3) is 0 Å². The molecule has 2 N–H and O–H groups in total. The smallest absolute Gasteiger partial charge is 0.331 e. The van der Waals surface area contributed by atoms with Crippen LogP contribution in [-0.2, 0) is 16.1 Å². The first-order chi connectivity index (χ1) is 7.93. The first-order valence-corrected chi connectivity index (χ1v) is 5.08. The Labute approximate surface area is 99.0 Å². The molecule has 0 aliphatic rings. The van der Waals surface area contributed by atoms with Gasteiger partial charge in [0.1, 0.15) is 5.82 Å². The third kappa shape index (κ3) is 3.17. The zero-order valence-electron chi connectivity index (χ0n) is 10.0. The molecule has 1 aromatic heterocycles. The molecule has 0 aromatic carbocycles. The number of aromatic nitrogens is 2. The zero-order chi connectivity index (χ0) is 13.0. The second-order valence-corrected chi connectivity index (χ2v) is 3.75. The van der Waals surface area contributed by atoms with Gasteiger partial charge in [0.2, 0.25) is 5.91 Å². The minimum atomic E-state index is -1.08. The van der Waals surface area contributed by atoms with E-state index in [-0.39, 0.29) is 17.1 Å². The highest BCUT2D eigenvalue weighted by molar-refractivity contribution is 6.01. The summed E-state index contributed by atoms with van der Waals surface area (Å²) in [6.07, 6.45) is 3.26. The van der Waals surface area contributed by atoms with Gasteiger partial charge in [-0.1, -0.05) is 0 Å². The van der Waals surface area contributed by atoms with Gasteiger partial charge in [-0.3, -0.25) is 4.79 Å². The summed E-state index contributed by atoms with van der Waals surface area (Å²) in [5.74, 6) is -0.745. The van der Waals surface area contributed by atoms with Crippen LogP contribution in [0.3, 0.4) is 0 Å². The van der Waals surface area contributed by atoms with E-state index in [0.717, 1.165) is 0 Å². The van der Waals surface area contributed by atoms with E-state index in [4.69, 9.17) is 5.11 Å². The molecule has 0 radical (unpaired) electrons. The number of nitrogens with zero attached hydrogens (tertiary/aromatic N) is 2. The molecule has 1 amide bonds. The van der Waals surface area contributed by atoms with E-state index in [2.05, 4.69) is 9.97 Å². The van der Waals surface area contributed by atoms with Crippen molar-refractivity contribution in [3.8, 4) is 0 Å². The van der Waals surface area contributed by atoms with Crippen LogP contribution in [0.5, 0.6) is 0 Å². The van der Waals surface area contributed by atoms with E-state index in [1.165, 1.54) is 18.7 Å². The predicted molar refractivity (Wildman–Crippen MR) is 61.1 cm³/mol. The molecule has 1 heterocycles. The zero-order valence-corrected chi connectivity index (χ0v) is 10.0. The summed E-state index contributed by atoms with van der Waals surface area (Å²) >= 11 is 0. The number of carboxylic acid groups (broad SMARTS) is 1. The lowest BCUT2D eigenvalue weighted by molar-refractivity contribution is -0.133. The van der Waals surface area contributed by atoms with Gasteiger partial charge in [-0.05, 0) is 13.8 Å². The van der Waals surface area contributed by atoms with Gasteiger partial charge in [-0.15, -0.1) is 0 Å². The lowest BCUT2D eigenvalue weighted by Crippen LogP contribution is -2.28. The maximum absolute atomic E-state index is 11.9. The fraction of sp³-hybridized carbons (Fsp3) is 0.364. The number of imidazole rings is 1. The molecular formula is C11H15N3O3. The fourth-order valence-electron chi connectivity index (χ4n) is 1.29. The molecule has 0 unspecified atom stereocenters. The van der Waals surface area contributed by atoms with Gasteiger partial charge in [0.05, 0.1) is 6.54 Å². The lowest BCUT2D eigenvalue weighted by atomic mass is 10.1. The largest absolute Gasteiger partial charge is 0.478 e. The minimum absolute atomic E-state index is 0.0568. The van der Waals surface area contributed by atoms with Gasteiger partial charge in [0.25, 0.3) is 0 Å². The third-order valence-corrected chi connectivity index (χ3v) is 2.49. The van der Waals surface area contributed by atoms with Crippen molar-refractivity contribution in [2.45, 2.75) is 20.4 Å². The van der Waals surface area contributed by atoms with Crippen LogP contribution < -0.4 is 0 Å². The Morgan fingerprint density at radius 2 is 2.06 bits per heavy atom. The normalized spacial score (nSPS) is 11.9. The molecule has 0 aliphatic carbocycles. The van der Waals surface area contributed by atoms with E-state index in [1.54, 1.807) is 19.4 Å². The Hall–Kier alpha value is -2.11. The number of hydrogen-bond donors (Lipinski definition) is 2. The summed E-state index contributed by atoms with van der Waals surface area (Å²) in [6, 6.07) is 0. The number of hydrogen-bond acceptors (Lipinski definition) is 3. The van der Waals surface area contributed by atoms with Gasteiger partial charge in [0.15, 0.2) is 0 Å². The molecular weight excluding hydrogens is 222 g/mol. The van der Waals surface area contributed by atoms with Gasteiger partial charge in [0, 0.05) is 30.6 Å². The highest BCUT2D eigenvalue weighted by Crippen LogP contribution is 2.08. The topological polar surface area (TPSA) is 86.3 Å². The average molecular weight is 237 g/mol. The number of carboxylic acids is 1. The summed E-state index contributed by atoms with van der Waals surface area (Å²) in [4.78, 5) is 30.9. The maximum Gasteiger partial charge on any atom is 0.331 e. The second kappa shape index (κ2) is 5.29. The monoisotopic (exact) mass is 237 g/mol. The van der Waals surface area contributed by atoms with Crippen LogP contribution in [0.15, 0.2) is 23.5 Å². The van der Waals surface area contributed by atoms with Gasteiger partial charge >= 0.3 is 5.97 Å². The highest BCUT2D eigenvalue weighted by atomic mass is 16.4. The molecule has 92 valence electrons. The summed E-state index contributed by atoms with van der Waals surface area (Å²) in [7, 11) is 1.60. The first-order valence-electron chi connectivity index (χ1n) is 5.08. The number of nitrogens with one attached hydrogen (secondary N) is 1. The Morgan fingerprint density at radius 3 is 2.53 bits per heavy atom. The summed E-state index contributed by atoms with van der Waals surface area (Å²) in [6.45, 7) is 3.23. The molecule has 17 heavy (non-hydrogen) atoms. The van der Waals surface area contributed by atoms with Crippen molar-refractivity contribution in [1.29, 1.82) is 0 Å². The molecule has 0 spiro atoms. The highest BCUT2D eigenvalue weighted by Gasteiger charge is 2.17. The Balaban J connectivity index is 2.77. The average Bonchev–Trinajstić information content (AvgIpc) is 2.78. The van der Waals surface area contributed by atoms with Crippen molar-refractivity contribution in [2.75, 3.05) is 7.05 Å². The molecule has 6 heteroatoms. The van der Waals surface area contributed by atoms with Crippen LogP contribution in [0.4, 0.5) is 0 Å². The number of likely N-dealkylation sites (N-methyl/N-ethyl adjacent to an activating group) is 1. The second-order valence-electron chi connectivity index (χ2n) is 3.75. The van der Waals surface area contributed by atoms with Gasteiger partial charge in [-0.2, -0.15) is 0 Å². The van der Waals surface area contributed by atoms with Crippen molar-refractivity contribution < 1.29 is 14.7 Å². The number of carbonyl (C=O) groups is 2. The molecule has 1 aromatic rings. The third-order valence-electron chi connectivity index (χ3n) is 2.49. The number of H-pyrrole nitrogens is 1. The molecule has 0 aliphatic heterocycles. The summed E-state index contributed by atoms with van der Waals surface area (Å²) in [5.41, 5.74) is 0.285. The Bertz CT molecular complexity index is 449. The van der Waals surface area contributed by atoms with Gasteiger partial charge in [-0.25, -0.2) is 9.78 Å². The number of aromatic amines is 1. The van der Waals surface area contributed by atoms with Crippen molar-refractivity contribution in [3.63, 3.8) is 0 Å². The van der Waals surface area contributed by atoms with Crippen molar-refractivity contribution in [3.05, 3.63) is 29.4 Å². The van der Waals surface area contributed by atoms with Crippen LogP contribution >= 0.6 is 0 Å². The Morgan fingerprint density at radius 1 is 1.41 bits per heavy atom. The SMILES string of the molecule is CC(C(=O)O)=C(C)C(=O)N(C)Cc1ncc[nH]1. The van der Waals surface area contributed by atoms with Crippen LogP contribution in [-0.4, -0.2) is 38.9 Å². The maximum atomic E-state index is 11.9. The van der Waals surface area contributed by atoms with Crippen LogP contribution in [0, 0.1) is 0 Å². The summed E-state index contributed by atoms with van der Waals surface area (Å²) in [5, 5.41) is 8.79. The van der Waals surface area contributed by atoms with E-state index >= 15 is 0 Å². The molecule has 0 saturated heterocycles. The standard InChI is InChI=1S/C11H15N3O3/c1-7(8(2)11(16)17)10(15)14(3)6-9-12-4-5-13-9/h4-5H,6H2,1-3H3,(H,12,13)(H,16,17). The van der Waals surface area contributed by atoms with Crippen molar-refractivity contribution >= 4 is 11.9 Å². The van der Waals surface area contributed by atoms with Crippen molar-refractivity contribution in [2.24, 2.45) is 0 Å². The predicted octanol–water partition coefficient (Wildman–Crippen LogP) is 0.789. The fourth-order valence-corrected chi connectivity index (χ4v) is 1.29. The quantitative estimate of drug-likeness (QED) is 0.758. The molecule has 0 atom stereocenters. The molecule has 6 nitrogen and oxygen atoms in total. The number of aliphatic carboxylic acids is 1. The minimum Gasteiger partial charge on any atom is -0.478 e. The van der Waals surface area contributed by atoms with Crippen LogP contribution in [0.2, 0.25) is 0 Å². The van der Waals surface area contributed by atoms with Crippen molar-refractivity contribution in [1.82, 2.24) is 14.9 Å². The van der Waals surface area contributed by atoms with E-state index < -0.39 is 5.97 Å². The number of carbonyl (C=O) groups excluding carboxylic acids is 1. The molecule has 1 rings (SSSR count). The first kappa shape index (κ1) is 13.0. The van der Waals surface area contributed by atoms with E-state index in [9.17, 15) is 9.59 Å². The number of amides is 1. The molecule has 0 saturated carbocycles.